The molecule has 0 fully saturated rings. The van der Waals surface area contributed by atoms with Crippen molar-refractivity contribution in [3.05, 3.63) is 39.4 Å². The number of benzene rings is 1. The second kappa shape index (κ2) is 6.34. The lowest BCUT2D eigenvalue weighted by Crippen LogP contribution is -2.50. The second-order valence-corrected chi connectivity index (χ2v) is 5.16. The van der Waals surface area contributed by atoms with Crippen LogP contribution >= 0.6 is 0 Å². The van der Waals surface area contributed by atoms with E-state index in [1.54, 1.807) is 13.0 Å². The van der Waals surface area contributed by atoms with E-state index in [0.29, 0.717) is 11.1 Å². The molecule has 0 saturated carbocycles. The van der Waals surface area contributed by atoms with E-state index >= 15 is 0 Å². The lowest BCUT2D eigenvalue weighted by Gasteiger charge is -2.23. The fourth-order valence-corrected chi connectivity index (χ4v) is 1.93. The summed E-state index contributed by atoms with van der Waals surface area (Å²) >= 11 is 0. The van der Waals surface area contributed by atoms with Crippen LogP contribution in [0, 0.1) is 17.0 Å². The van der Waals surface area contributed by atoms with Gasteiger partial charge in [-0.15, -0.1) is 0 Å². The molecule has 114 valence electrons. The highest BCUT2D eigenvalue weighted by atomic mass is 16.6. The molecular weight excluding hydrogens is 276 g/mol. The van der Waals surface area contributed by atoms with Gasteiger partial charge in [-0.3, -0.25) is 14.9 Å². The van der Waals surface area contributed by atoms with E-state index in [4.69, 9.17) is 0 Å². The second-order valence-electron chi connectivity index (χ2n) is 5.16. The highest BCUT2D eigenvalue weighted by Crippen LogP contribution is 2.21. The third-order valence-electron chi connectivity index (χ3n) is 3.11. The molecule has 0 aliphatic heterocycles. The molecule has 0 aromatic heterocycles. The Morgan fingerprint density at radius 1 is 1.38 bits per heavy atom. The third kappa shape index (κ3) is 4.01. The van der Waals surface area contributed by atoms with Gasteiger partial charge in [0, 0.05) is 11.6 Å². The summed E-state index contributed by atoms with van der Waals surface area (Å²) in [6.45, 7) is 4.64. The summed E-state index contributed by atoms with van der Waals surface area (Å²) in [6, 6.07) is 4.56. The maximum absolute atomic E-state index is 12.0. The Balaban J connectivity index is 2.88. The number of nitro benzene ring substituents is 1. The molecule has 1 aromatic rings. The van der Waals surface area contributed by atoms with Crippen molar-refractivity contribution in [3.8, 4) is 0 Å². The van der Waals surface area contributed by atoms with Crippen molar-refractivity contribution in [3.63, 3.8) is 0 Å². The summed E-state index contributed by atoms with van der Waals surface area (Å²) in [5.41, 5.74) is -0.205. The quantitative estimate of drug-likeness (QED) is 0.504. The van der Waals surface area contributed by atoms with Gasteiger partial charge < -0.3 is 10.1 Å². The summed E-state index contributed by atoms with van der Waals surface area (Å²) in [5.74, 6) is -0.972. The number of carbonyl (C=O) groups excluding carboxylic acids is 2. The number of nitrogens with one attached hydrogen (secondary N) is 1. The molecule has 7 heteroatoms. The van der Waals surface area contributed by atoms with Crippen LogP contribution in [0.15, 0.2) is 18.2 Å². The zero-order valence-electron chi connectivity index (χ0n) is 12.4. The van der Waals surface area contributed by atoms with Crippen molar-refractivity contribution in [2.45, 2.75) is 32.7 Å². The molecule has 0 saturated heterocycles. The molecule has 0 unspecified atom stereocenters. The van der Waals surface area contributed by atoms with Gasteiger partial charge in [-0.05, 0) is 26.3 Å². The monoisotopic (exact) mass is 294 g/mol. The molecule has 0 aliphatic rings. The molecular formula is C14H18N2O5. The molecule has 0 aliphatic carbocycles. The molecule has 0 bridgehead atoms. The van der Waals surface area contributed by atoms with E-state index in [2.05, 4.69) is 10.1 Å². The minimum atomic E-state index is -1.15. The van der Waals surface area contributed by atoms with Crippen LogP contribution in [0.4, 0.5) is 5.69 Å². The Hall–Kier alpha value is -2.44. The van der Waals surface area contributed by atoms with E-state index in [-0.39, 0.29) is 12.1 Å². The minimum absolute atomic E-state index is 0.0347. The molecule has 1 aromatic carbocycles. The van der Waals surface area contributed by atoms with Crippen molar-refractivity contribution in [2.24, 2.45) is 0 Å². The molecule has 0 spiro atoms. The smallest absolute Gasteiger partial charge is 0.330 e. The minimum Gasteiger partial charge on any atom is -0.467 e. The number of nitro groups is 1. The van der Waals surface area contributed by atoms with E-state index in [1.165, 1.54) is 33.1 Å². The first kappa shape index (κ1) is 16.6. The summed E-state index contributed by atoms with van der Waals surface area (Å²) in [4.78, 5) is 33.9. The normalized spacial score (nSPS) is 10.9. The topological polar surface area (TPSA) is 98.5 Å². The fourth-order valence-electron chi connectivity index (χ4n) is 1.93. The van der Waals surface area contributed by atoms with Crippen LogP contribution in [-0.4, -0.2) is 29.4 Å². The fraction of sp³-hybridized carbons (Fsp3) is 0.429. The van der Waals surface area contributed by atoms with E-state index in [0.717, 1.165) is 0 Å². The SMILES string of the molecule is COC(=O)C(C)(C)NC(=O)Cc1cccc([N+](=O)[O-])c1C. The molecule has 0 heterocycles. The number of methoxy groups -OCH3 is 1. The van der Waals surface area contributed by atoms with Gasteiger partial charge in [0.05, 0.1) is 18.5 Å². The molecule has 1 rings (SSSR count). The number of amides is 1. The number of rotatable bonds is 5. The van der Waals surface area contributed by atoms with E-state index < -0.39 is 22.3 Å². The predicted molar refractivity (Wildman–Crippen MR) is 75.8 cm³/mol. The summed E-state index contributed by atoms with van der Waals surface area (Å²) < 4.78 is 4.60. The zero-order chi connectivity index (χ0) is 16.2. The lowest BCUT2D eigenvalue weighted by molar-refractivity contribution is -0.385. The highest BCUT2D eigenvalue weighted by Gasteiger charge is 2.30. The Morgan fingerprint density at radius 2 is 2.00 bits per heavy atom. The van der Waals surface area contributed by atoms with Crippen LogP contribution < -0.4 is 5.32 Å². The Labute approximate surface area is 122 Å². The van der Waals surface area contributed by atoms with Gasteiger partial charge >= 0.3 is 5.97 Å². The number of esters is 1. The zero-order valence-corrected chi connectivity index (χ0v) is 12.4. The predicted octanol–water partition coefficient (Wildman–Crippen LogP) is 1.51. The van der Waals surface area contributed by atoms with Gasteiger partial charge in [0.15, 0.2) is 0 Å². The molecule has 7 nitrogen and oxygen atoms in total. The van der Waals surface area contributed by atoms with E-state index in [1.807, 2.05) is 0 Å². The standard InChI is InChI=1S/C14H18N2O5/c1-9-10(6-5-7-11(9)16(19)20)8-12(17)15-14(2,3)13(18)21-4/h5-7H,8H2,1-4H3,(H,15,17). The average Bonchev–Trinajstić information content (AvgIpc) is 2.39. The lowest BCUT2D eigenvalue weighted by atomic mass is 10.0. The number of ether oxygens (including phenoxy) is 1. The third-order valence-corrected chi connectivity index (χ3v) is 3.11. The van der Waals surface area contributed by atoms with Gasteiger partial charge in [-0.1, -0.05) is 12.1 Å². The van der Waals surface area contributed by atoms with Crippen molar-refractivity contribution < 1.29 is 19.2 Å². The Kier molecular flexibility index (Phi) is 5.02. The highest BCUT2D eigenvalue weighted by molar-refractivity contribution is 5.88. The van der Waals surface area contributed by atoms with Crippen molar-refractivity contribution in [1.82, 2.24) is 5.32 Å². The number of carbonyl (C=O) groups is 2. The first-order chi connectivity index (χ1) is 9.69. The van der Waals surface area contributed by atoms with Gasteiger partial charge in [-0.2, -0.15) is 0 Å². The number of hydrogen-bond donors (Lipinski definition) is 1. The van der Waals surface area contributed by atoms with Gasteiger partial charge in [0.1, 0.15) is 5.54 Å². The van der Waals surface area contributed by atoms with Crippen LogP contribution in [-0.2, 0) is 20.7 Å². The largest absolute Gasteiger partial charge is 0.467 e. The number of hydrogen-bond acceptors (Lipinski definition) is 5. The summed E-state index contributed by atoms with van der Waals surface area (Å²) in [5, 5.41) is 13.4. The van der Waals surface area contributed by atoms with Gasteiger partial charge in [0.2, 0.25) is 5.91 Å². The van der Waals surface area contributed by atoms with E-state index in [9.17, 15) is 19.7 Å². The van der Waals surface area contributed by atoms with Crippen LogP contribution in [0.2, 0.25) is 0 Å². The van der Waals surface area contributed by atoms with Crippen LogP contribution in [0.5, 0.6) is 0 Å². The van der Waals surface area contributed by atoms with Crippen molar-refractivity contribution in [1.29, 1.82) is 0 Å². The first-order valence-electron chi connectivity index (χ1n) is 6.31. The Bertz CT molecular complexity index is 581. The maximum atomic E-state index is 12.0. The average molecular weight is 294 g/mol. The molecule has 1 N–H and O–H groups in total. The van der Waals surface area contributed by atoms with Gasteiger partial charge in [0.25, 0.3) is 5.69 Å². The van der Waals surface area contributed by atoms with Crippen molar-refractivity contribution >= 4 is 17.6 Å². The van der Waals surface area contributed by atoms with Crippen LogP contribution in [0.25, 0.3) is 0 Å². The molecule has 1 amide bonds. The first-order valence-corrected chi connectivity index (χ1v) is 6.31. The van der Waals surface area contributed by atoms with Crippen LogP contribution in [0.1, 0.15) is 25.0 Å². The molecule has 21 heavy (non-hydrogen) atoms. The summed E-state index contributed by atoms with van der Waals surface area (Å²) in [7, 11) is 1.24. The van der Waals surface area contributed by atoms with Gasteiger partial charge in [-0.25, -0.2) is 4.79 Å². The maximum Gasteiger partial charge on any atom is 0.330 e. The molecule has 0 atom stereocenters. The molecule has 0 radical (unpaired) electrons. The van der Waals surface area contributed by atoms with Crippen molar-refractivity contribution in [2.75, 3.05) is 7.11 Å². The Morgan fingerprint density at radius 3 is 2.52 bits per heavy atom. The summed E-state index contributed by atoms with van der Waals surface area (Å²) in [6.07, 6.45) is -0.0477. The number of nitrogens with zero attached hydrogens (tertiary/aromatic N) is 1. The van der Waals surface area contributed by atoms with Crippen LogP contribution in [0.3, 0.4) is 0 Å².